The van der Waals surface area contributed by atoms with Crippen LogP contribution in [0.1, 0.15) is 35.8 Å². The highest BCUT2D eigenvalue weighted by Gasteiger charge is 2.35. The standard InChI is InChI=1S/C17H18F3N5O2/c18-17(19,20)14-6-15(22-9-21-14)23-12-7-27-8-13(12)25-16(26)5-10-3-1-2-4-11(10)24-25/h5-6,9,12-13H,1-4,7-8H2,(H,21,22,23). The first-order valence-corrected chi connectivity index (χ1v) is 8.77. The number of nitrogens with zero attached hydrogens (tertiary/aromatic N) is 4. The van der Waals surface area contributed by atoms with Crippen LogP contribution in [0, 0.1) is 0 Å². The lowest BCUT2D eigenvalue weighted by atomic mass is 9.97. The summed E-state index contributed by atoms with van der Waals surface area (Å²) in [5, 5.41) is 7.45. The van der Waals surface area contributed by atoms with Crippen LogP contribution < -0.4 is 10.9 Å². The van der Waals surface area contributed by atoms with Crippen molar-refractivity contribution in [3.05, 3.63) is 45.8 Å². The zero-order valence-corrected chi connectivity index (χ0v) is 14.4. The smallest absolute Gasteiger partial charge is 0.377 e. The van der Waals surface area contributed by atoms with E-state index in [1.54, 1.807) is 6.07 Å². The van der Waals surface area contributed by atoms with Crippen LogP contribution in [0.2, 0.25) is 0 Å². The third kappa shape index (κ3) is 3.66. The summed E-state index contributed by atoms with van der Waals surface area (Å²) >= 11 is 0. The Balaban J connectivity index is 1.59. The summed E-state index contributed by atoms with van der Waals surface area (Å²) in [7, 11) is 0. The van der Waals surface area contributed by atoms with Gasteiger partial charge < -0.3 is 10.1 Å². The summed E-state index contributed by atoms with van der Waals surface area (Å²) in [5.74, 6) is 0.0313. The van der Waals surface area contributed by atoms with Crippen LogP contribution in [-0.2, 0) is 23.8 Å². The van der Waals surface area contributed by atoms with E-state index in [0.29, 0.717) is 0 Å². The maximum absolute atomic E-state index is 12.8. The number of fused-ring (bicyclic) bond motifs is 1. The molecular weight excluding hydrogens is 363 g/mol. The van der Waals surface area contributed by atoms with E-state index in [-0.39, 0.29) is 24.6 Å². The van der Waals surface area contributed by atoms with Crippen LogP contribution in [0.4, 0.5) is 19.0 Å². The molecule has 2 aromatic heterocycles. The minimum atomic E-state index is -4.55. The lowest BCUT2D eigenvalue weighted by Crippen LogP contribution is -2.38. The predicted molar refractivity (Wildman–Crippen MR) is 89.4 cm³/mol. The summed E-state index contributed by atoms with van der Waals surface area (Å²) in [6.45, 7) is 0.488. The average Bonchev–Trinajstić information content (AvgIpc) is 3.08. The first kappa shape index (κ1) is 17.9. The van der Waals surface area contributed by atoms with Gasteiger partial charge in [0, 0.05) is 12.1 Å². The molecule has 2 atom stereocenters. The van der Waals surface area contributed by atoms with E-state index in [4.69, 9.17) is 4.74 Å². The molecular formula is C17H18F3N5O2. The molecule has 0 bridgehead atoms. The largest absolute Gasteiger partial charge is 0.433 e. The minimum Gasteiger partial charge on any atom is -0.377 e. The van der Waals surface area contributed by atoms with Crippen LogP contribution in [0.3, 0.4) is 0 Å². The third-order valence-electron chi connectivity index (χ3n) is 4.89. The first-order valence-electron chi connectivity index (χ1n) is 8.77. The second-order valence-electron chi connectivity index (χ2n) is 6.75. The van der Waals surface area contributed by atoms with E-state index in [9.17, 15) is 18.0 Å². The van der Waals surface area contributed by atoms with Gasteiger partial charge in [-0.25, -0.2) is 14.6 Å². The molecule has 144 valence electrons. The molecule has 7 nitrogen and oxygen atoms in total. The number of ether oxygens (including phenoxy) is 1. The maximum atomic E-state index is 12.8. The number of nitrogens with one attached hydrogen (secondary N) is 1. The van der Waals surface area contributed by atoms with Crippen LogP contribution in [-0.4, -0.2) is 39.0 Å². The summed E-state index contributed by atoms with van der Waals surface area (Å²) in [6.07, 6.45) is 0.0537. The van der Waals surface area contributed by atoms with Crippen LogP contribution in [0.5, 0.6) is 0 Å². The molecule has 10 heteroatoms. The Bertz CT molecular complexity index is 899. The Hall–Kier alpha value is -2.49. The lowest BCUT2D eigenvalue weighted by molar-refractivity contribution is -0.141. The van der Waals surface area contributed by atoms with Gasteiger partial charge >= 0.3 is 6.18 Å². The number of hydrogen-bond donors (Lipinski definition) is 1. The summed E-state index contributed by atoms with van der Waals surface area (Å²) < 4.78 is 45.4. The average molecular weight is 381 g/mol. The minimum absolute atomic E-state index is 0.0313. The molecule has 27 heavy (non-hydrogen) atoms. The number of aromatic nitrogens is 4. The van der Waals surface area contributed by atoms with Gasteiger partial charge in [-0.05, 0) is 31.2 Å². The van der Waals surface area contributed by atoms with E-state index in [1.807, 2.05) is 0 Å². The summed E-state index contributed by atoms with van der Waals surface area (Å²) in [6, 6.07) is 1.61. The third-order valence-corrected chi connectivity index (χ3v) is 4.89. The molecule has 1 saturated heterocycles. The van der Waals surface area contributed by atoms with Crippen molar-refractivity contribution in [1.29, 1.82) is 0 Å². The monoisotopic (exact) mass is 381 g/mol. The molecule has 1 N–H and O–H groups in total. The van der Waals surface area contributed by atoms with E-state index in [2.05, 4.69) is 20.4 Å². The van der Waals surface area contributed by atoms with Crippen molar-refractivity contribution in [2.45, 2.75) is 43.9 Å². The van der Waals surface area contributed by atoms with Gasteiger partial charge in [0.1, 0.15) is 23.9 Å². The van der Waals surface area contributed by atoms with E-state index >= 15 is 0 Å². The second-order valence-corrected chi connectivity index (χ2v) is 6.75. The van der Waals surface area contributed by atoms with Gasteiger partial charge in [-0.3, -0.25) is 4.79 Å². The number of anilines is 1. The summed E-state index contributed by atoms with van der Waals surface area (Å²) in [4.78, 5) is 19.6. The van der Waals surface area contributed by atoms with Gasteiger partial charge in [-0.15, -0.1) is 0 Å². The van der Waals surface area contributed by atoms with Gasteiger partial charge in [0.15, 0.2) is 0 Å². The van der Waals surface area contributed by atoms with Gasteiger partial charge in [-0.1, -0.05) is 0 Å². The van der Waals surface area contributed by atoms with Crippen LogP contribution in [0.25, 0.3) is 0 Å². The molecule has 0 amide bonds. The van der Waals surface area contributed by atoms with Crippen molar-refractivity contribution >= 4 is 5.82 Å². The zero-order chi connectivity index (χ0) is 19.0. The van der Waals surface area contributed by atoms with Crippen molar-refractivity contribution in [3.63, 3.8) is 0 Å². The maximum Gasteiger partial charge on any atom is 0.433 e. The topological polar surface area (TPSA) is 81.9 Å². The number of aryl methyl sites for hydroxylation is 2. The van der Waals surface area contributed by atoms with Crippen molar-refractivity contribution in [2.75, 3.05) is 18.5 Å². The molecule has 2 aliphatic rings. The molecule has 1 aliphatic heterocycles. The molecule has 0 aromatic carbocycles. The van der Waals surface area contributed by atoms with E-state index < -0.39 is 24.0 Å². The predicted octanol–water partition coefficient (Wildman–Crippen LogP) is 1.98. The molecule has 1 fully saturated rings. The van der Waals surface area contributed by atoms with Crippen LogP contribution in [0.15, 0.2) is 23.3 Å². The Labute approximate surface area is 152 Å². The molecule has 2 aromatic rings. The highest BCUT2D eigenvalue weighted by Crippen LogP contribution is 2.29. The molecule has 1 aliphatic carbocycles. The molecule has 0 radical (unpaired) electrons. The van der Waals surface area contributed by atoms with Gasteiger partial charge in [0.2, 0.25) is 0 Å². The highest BCUT2D eigenvalue weighted by atomic mass is 19.4. The van der Waals surface area contributed by atoms with Gasteiger partial charge in [-0.2, -0.15) is 18.3 Å². The lowest BCUT2D eigenvalue weighted by Gasteiger charge is -2.23. The number of hydrogen-bond acceptors (Lipinski definition) is 6. The highest BCUT2D eigenvalue weighted by molar-refractivity contribution is 5.37. The van der Waals surface area contributed by atoms with Crippen molar-refractivity contribution < 1.29 is 17.9 Å². The Kier molecular flexibility index (Phi) is 4.58. The van der Waals surface area contributed by atoms with Gasteiger partial charge in [0.25, 0.3) is 5.56 Å². The number of alkyl halides is 3. The zero-order valence-electron chi connectivity index (χ0n) is 14.4. The fourth-order valence-corrected chi connectivity index (χ4v) is 3.52. The molecule has 0 spiro atoms. The first-order chi connectivity index (χ1) is 12.9. The Morgan fingerprint density at radius 2 is 1.96 bits per heavy atom. The fourth-order valence-electron chi connectivity index (χ4n) is 3.52. The van der Waals surface area contributed by atoms with Crippen LogP contribution >= 0.6 is 0 Å². The second kappa shape index (κ2) is 6.91. The fraction of sp³-hybridized carbons (Fsp3) is 0.529. The number of rotatable bonds is 3. The molecule has 4 rings (SSSR count). The SMILES string of the molecule is O=c1cc2c(nn1C1COCC1Nc1cc(C(F)(F)F)ncn1)CCCC2. The van der Waals surface area contributed by atoms with E-state index in [0.717, 1.165) is 49.3 Å². The molecule has 3 heterocycles. The Morgan fingerprint density at radius 3 is 2.78 bits per heavy atom. The molecule has 2 unspecified atom stereocenters. The molecule has 0 saturated carbocycles. The quantitative estimate of drug-likeness (QED) is 0.876. The van der Waals surface area contributed by atoms with Crippen molar-refractivity contribution in [1.82, 2.24) is 19.7 Å². The van der Waals surface area contributed by atoms with Crippen molar-refractivity contribution in [2.24, 2.45) is 0 Å². The summed E-state index contributed by atoms with van der Waals surface area (Å²) in [5.41, 5.74) is 0.639. The Morgan fingerprint density at radius 1 is 1.15 bits per heavy atom. The van der Waals surface area contributed by atoms with Gasteiger partial charge in [0.05, 0.1) is 24.9 Å². The van der Waals surface area contributed by atoms with Crippen molar-refractivity contribution in [3.8, 4) is 0 Å². The number of halogens is 3. The van der Waals surface area contributed by atoms with E-state index in [1.165, 1.54) is 4.68 Å². The normalized spacial score (nSPS) is 22.5.